The van der Waals surface area contributed by atoms with Gasteiger partial charge in [-0.1, -0.05) is 96.8 Å². The largest absolute Gasteiger partial charge is 0.854 e. The second-order valence-corrected chi connectivity index (χ2v) is 6.80. The molecule has 0 aromatic rings. The molecule has 1 N–H and O–H groups in total. The van der Waals surface area contributed by atoms with E-state index in [2.05, 4.69) is 28.1 Å². The van der Waals surface area contributed by atoms with E-state index < -0.39 is 0 Å². The lowest BCUT2D eigenvalue weighted by atomic mass is 10.0. The van der Waals surface area contributed by atoms with Gasteiger partial charge in [0.05, 0.1) is 21.1 Å². The Morgan fingerprint density at radius 1 is 0.524 bits per heavy atom. The van der Waals surface area contributed by atoms with Crippen LogP contribution in [0.5, 0.6) is 0 Å². The van der Waals surface area contributed by atoms with Crippen LogP contribution in [0.3, 0.4) is 0 Å². The lowest BCUT2D eigenvalue weighted by Crippen LogP contribution is -3.02. The molecule has 0 aliphatic heterocycles. The van der Waals surface area contributed by atoms with E-state index in [0.29, 0.717) is 0 Å². The van der Waals surface area contributed by atoms with Crippen molar-refractivity contribution in [3.8, 4) is 0 Å². The van der Waals surface area contributed by atoms with E-state index in [1.165, 1.54) is 81.9 Å². The van der Waals surface area contributed by atoms with Gasteiger partial charge < -0.3 is 10.0 Å². The first kappa shape index (κ1) is 23.2. The number of nitrogens with one attached hydrogen (secondary N) is 1. The molecule has 0 atom stereocenters. The molecule has 0 aliphatic carbocycles. The summed E-state index contributed by atoms with van der Waals surface area (Å²) in [5.74, 6) is 0. The zero-order valence-electron chi connectivity index (χ0n) is 15.5. The van der Waals surface area contributed by atoms with Crippen molar-refractivity contribution in [2.75, 3.05) is 27.7 Å². The van der Waals surface area contributed by atoms with Gasteiger partial charge in [0.15, 0.2) is 0 Å². The number of rotatable bonds is 14. The van der Waals surface area contributed by atoms with Gasteiger partial charge in [0.25, 0.3) is 0 Å². The van der Waals surface area contributed by atoms with Crippen LogP contribution in [0, 0.1) is 0 Å². The molecule has 21 heavy (non-hydrogen) atoms. The fraction of sp³-hybridized carbons (Fsp3) is 1.00. The molecule has 0 aromatic heterocycles. The van der Waals surface area contributed by atoms with Crippen LogP contribution >= 0.6 is 0 Å². The average Bonchev–Trinajstić information content (AvgIpc) is 2.43. The van der Waals surface area contributed by atoms with Crippen molar-refractivity contribution >= 4 is 0 Å². The van der Waals surface area contributed by atoms with Gasteiger partial charge in [0.1, 0.15) is 0 Å². The Bertz CT molecular complexity index is 143. The second-order valence-electron chi connectivity index (χ2n) is 6.80. The van der Waals surface area contributed by atoms with Crippen LogP contribution in [0.1, 0.15) is 96.8 Å². The molecule has 0 unspecified atom stereocenters. The molecule has 0 fully saturated rings. The fourth-order valence-corrected chi connectivity index (χ4v) is 2.30. The van der Waals surface area contributed by atoms with E-state index in [9.17, 15) is 5.11 Å². The third kappa shape index (κ3) is 33.0. The minimum Gasteiger partial charge on any atom is -0.854 e. The van der Waals surface area contributed by atoms with Crippen LogP contribution in [0.4, 0.5) is 0 Å². The van der Waals surface area contributed by atoms with Crippen molar-refractivity contribution in [3.05, 3.63) is 0 Å². The lowest BCUT2D eigenvalue weighted by molar-refractivity contribution is -0.836. The molecule has 0 bridgehead atoms. The summed E-state index contributed by atoms with van der Waals surface area (Å²) >= 11 is 0. The Hall–Kier alpha value is -0.0800. The Kier molecular flexibility index (Phi) is 24.5. The van der Waals surface area contributed by atoms with Crippen LogP contribution in [0.2, 0.25) is 0 Å². The molecular weight excluding hydrogens is 258 g/mol. The van der Waals surface area contributed by atoms with E-state index in [-0.39, 0.29) is 6.61 Å². The van der Waals surface area contributed by atoms with Crippen LogP contribution in [0.25, 0.3) is 0 Å². The molecule has 0 spiro atoms. The van der Waals surface area contributed by atoms with E-state index >= 15 is 0 Å². The minimum absolute atomic E-state index is 0.123. The van der Waals surface area contributed by atoms with Crippen molar-refractivity contribution in [3.63, 3.8) is 0 Å². The average molecular weight is 302 g/mol. The summed E-state index contributed by atoms with van der Waals surface area (Å²) in [5.41, 5.74) is 0. The first-order chi connectivity index (χ1) is 10.1. The normalized spacial score (nSPS) is 10.6. The molecule has 0 aromatic carbocycles. The second kappa shape index (κ2) is 22.2. The first-order valence-corrected chi connectivity index (χ1v) is 9.50. The molecule has 2 nitrogen and oxygen atoms in total. The summed E-state index contributed by atoms with van der Waals surface area (Å²) < 4.78 is 0. The molecule has 0 radical (unpaired) electrons. The maximum Gasteiger partial charge on any atom is 0.0661 e. The molecule has 130 valence electrons. The topological polar surface area (TPSA) is 27.5 Å². The van der Waals surface area contributed by atoms with E-state index in [1.54, 1.807) is 0 Å². The van der Waals surface area contributed by atoms with Crippen molar-refractivity contribution in [1.29, 1.82) is 0 Å². The van der Waals surface area contributed by atoms with Gasteiger partial charge in [-0.05, 0) is 0 Å². The highest BCUT2D eigenvalue weighted by Gasteiger charge is 1.93. The molecule has 0 rings (SSSR count). The molecule has 0 saturated heterocycles. The number of unbranched alkanes of at least 4 members (excludes halogenated alkanes) is 13. The fourth-order valence-electron chi connectivity index (χ4n) is 2.30. The van der Waals surface area contributed by atoms with Gasteiger partial charge in [0, 0.05) is 0 Å². The van der Waals surface area contributed by atoms with Gasteiger partial charge >= 0.3 is 0 Å². The van der Waals surface area contributed by atoms with E-state index in [4.69, 9.17) is 0 Å². The minimum atomic E-state index is 0.123. The molecule has 0 aliphatic rings. The summed E-state index contributed by atoms with van der Waals surface area (Å²) in [7, 11) is 6.25. The number of hydrogen-bond acceptors (Lipinski definition) is 1. The highest BCUT2D eigenvalue weighted by Crippen LogP contribution is 2.12. The van der Waals surface area contributed by atoms with E-state index in [1.807, 2.05) is 0 Å². The quantitative estimate of drug-likeness (QED) is 0.488. The Balaban J connectivity index is 0. The molecular formula is C19H43NO. The number of hydrogen-bond donors (Lipinski definition) is 1. The monoisotopic (exact) mass is 301 g/mol. The summed E-state index contributed by atoms with van der Waals surface area (Å²) in [6.07, 6.45) is 18.9. The molecule has 2 heteroatoms. The van der Waals surface area contributed by atoms with Crippen molar-refractivity contribution in [2.24, 2.45) is 0 Å². The predicted octanol–water partition coefficient (Wildman–Crippen LogP) is 3.59. The van der Waals surface area contributed by atoms with Crippen LogP contribution in [0.15, 0.2) is 0 Å². The maximum atomic E-state index is 10.2. The zero-order valence-corrected chi connectivity index (χ0v) is 15.5. The maximum absolute atomic E-state index is 10.2. The Morgan fingerprint density at radius 3 is 1.00 bits per heavy atom. The Labute approximate surface area is 135 Å². The Morgan fingerprint density at radius 2 is 0.762 bits per heavy atom. The van der Waals surface area contributed by atoms with Crippen LogP contribution in [-0.4, -0.2) is 27.7 Å². The summed E-state index contributed by atoms with van der Waals surface area (Å²) in [4.78, 5) is 1.42. The third-order valence-corrected chi connectivity index (χ3v) is 3.50. The van der Waals surface area contributed by atoms with Crippen molar-refractivity contribution < 1.29 is 10.0 Å². The van der Waals surface area contributed by atoms with Crippen molar-refractivity contribution in [1.82, 2.24) is 0 Å². The lowest BCUT2D eigenvalue weighted by Gasteiger charge is -2.04. The van der Waals surface area contributed by atoms with Gasteiger partial charge in [-0.3, -0.25) is 0 Å². The predicted molar refractivity (Wildman–Crippen MR) is 93.9 cm³/mol. The molecule has 0 saturated carbocycles. The van der Waals surface area contributed by atoms with E-state index in [0.717, 1.165) is 12.8 Å². The number of quaternary nitrogens is 1. The highest BCUT2D eigenvalue weighted by molar-refractivity contribution is 4.48. The molecule has 0 heterocycles. The van der Waals surface area contributed by atoms with Crippen LogP contribution in [-0.2, 0) is 0 Å². The van der Waals surface area contributed by atoms with Gasteiger partial charge in [-0.25, -0.2) is 0 Å². The smallest absolute Gasteiger partial charge is 0.0661 e. The zero-order chi connectivity index (χ0) is 16.2. The standard InChI is InChI=1S/C16H33O.C3H9N/c1-2-3-4-5-6-7-8-9-10-11-12-13-14-15-16-17;1-4(2)3/h2-16H2,1H3;1-3H3/q-1;/p+1. The first-order valence-electron chi connectivity index (χ1n) is 9.50. The third-order valence-electron chi connectivity index (χ3n) is 3.50. The van der Waals surface area contributed by atoms with Crippen LogP contribution < -0.4 is 10.0 Å². The summed E-state index contributed by atoms with van der Waals surface area (Å²) in [6, 6.07) is 0. The SMILES string of the molecule is CCCCCCCCCCCCCCCC[O-].C[NH+](C)C. The van der Waals surface area contributed by atoms with Gasteiger partial charge in [0.2, 0.25) is 0 Å². The van der Waals surface area contributed by atoms with Gasteiger partial charge in [-0.2, -0.15) is 0 Å². The van der Waals surface area contributed by atoms with Gasteiger partial charge in [-0.15, -0.1) is 6.61 Å². The van der Waals surface area contributed by atoms with Crippen molar-refractivity contribution in [2.45, 2.75) is 96.8 Å². The summed E-state index contributed by atoms with van der Waals surface area (Å²) in [6.45, 7) is 2.40. The highest BCUT2D eigenvalue weighted by atomic mass is 16.2. The molecule has 0 amide bonds. The summed E-state index contributed by atoms with van der Waals surface area (Å²) in [5, 5.41) is 10.2.